The number of halogens is 1. The maximum absolute atomic E-state index is 14.1. The Kier molecular flexibility index (Phi) is 5.69. The zero-order chi connectivity index (χ0) is 18.6. The summed E-state index contributed by atoms with van der Waals surface area (Å²) in [7, 11) is 1.70. The maximum atomic E-state index is 14.1. The predicted octanol–water partition coefficient (Wildman–Crippen LogP) is 2.33. The standard InChI is InChI=1S/C20H28FN5O/c1-27-13-12-26-19(14-16-6-2-3-8-18(16)21)22-23-20(26)25-11-10-24-9-5-4-7-17(24)15-25/h2-3,6,8,17H,4-5,7,9-15H2,1H3/t17-/m1/s1. The zero-order valence-electron chi connectivity index (χ0n) is 16.0. The van der Waals surface area contributed by atoms with Crippen LogP contribution in [-0.2, 0) is 17.7 Å². The molecule has 2 aliphatic rings. The van der Waals surface area contributed by atoms with Crippen molar-refractivity contribution >= 4 is 5.95 Å². The fourth-order valence-electron chi connectivity index (χ4n) is 4.25. The molecule has 0 amide bonds. The van der Waals surface area contributed by atoms with Crippen molar-refractivity contribution in [2.24, 2.45) is 0 Å². The molecule has 2 aliphatic heterocycles. The number of piperazine rings is 1. The van der Waals surface area contributed by atoms with Gasteiger partial charge in [0, 0.05) is 39.2 Å². The first-order valence-corrected chi connectivity index (χ1v) is 9.89. The number of anilines is 1. The Morgan fingerprint density at radius 1 is 1.15 bits per heavy atom. The lowest BCUT2D eigenvalue weighted by molar-refractivity contribution is 0.132. The predicted molar refractivity (Wildman–Crippen MR) is 103 cm³/mol. The van der Waals surface area contributed by atoms with Crippen molar-refractivity contribution in [1.29, 1.82) is 0 Å². The van der Waals surface area contributed by atoms with Crippen LogP contribution in [0.25, 0.3) is 0 Å². The van der Waals surface area contributed by atoms with E-state index in [4.69, 9.17) is 4.74 Å². The van der Waals surface area contributed by atoms with Crippen LogP contribution in [0.15, 0.2) is 24.3 Å². The average Bonchev–Trinajstić information content (AvgIpc) is 3.10. The van der Waals surface area contributed by atoms with E-state index in [1.165, 1.54) is 31.9 Å². The Balaban J connectivity index is 1.57. The van der Waals surface area contributed by atoms with Crippen molar-refractivity contribution in [3.05, 3.63) is 41.5 Å². The Labute approximate surface area is 159 Å². The molecule has 0 bridgehead atoms. The smallest absolute Gasteiger partial charge is 0.227 e. The fourth-order valence-corrected chi connectivity index (χ4v) is 4.25. The van der Waals surface area contributed by atoms with Crippen LogP contribution in [0.4, 0.5) is 10.3 Å². The van der Waals surface area contributed by atoms with E-state index in [0.29, 0.717) is 31.2 Å². The van der Waals surface area contributed by atoms with Crippen LogP contribution >= 0.6 is 0 Å². The molecule has 1 aromatic heterocycles. The highest BCUT2D eigenvalue weighted by atomic mass is 19.1. The van der Waals surface area contributed by atoms with Gasteiger partial charge in [-0.1, -0.05) is 24.6 Å². The Morgan fingerprint density at radius 3 is 2.89 bits per heavy atom. The third-order valence-corrected chi connectivity index (χ3v) is 5.75. The number of methoxy groups -OCH3 is 1. The normalized spacial score (nSPS) is 20.7. The number of benzene rings is 1. The summed E-state index contributed by atoms with van der Waals surface area (Å²) in [5.74, 6) is 1.48. The molecule has 6 nitrogen and oxygen atoms in total. The van der Waals surface area contributed by atoms with Crippen LogP contribution in [0.5, 0.6) is 0 Å². The molecular weight excluding hydrogens is 345 g/mol. The molecule has 0 radical (unpaired) electrons. The van der Waals surface area contributed by atoms with E-state index in [1.807, 2.05) is 12.1 Å². The van der Waals surface area contributed by atoms with Crippen LogP contribution in [0.1, 0.15) is 30.7 Å². The number of rotatable bonds is 6. The molecule has 2 aromatic rings. The van der Waals surface area contributed by atoms with Crippen molar-refractivity contribution in [2.75, 3.05) is 44.8 Å². The van der Waals surface area contributed by atoms with Gasteiger partial charge in [0.25, 0.3) is 0 Å². The van der Waals surface area contributed by atoms with Crippen LogP contribution in [0.2, 0.25) is 0 Å². The van der Waals surface area contributed by atoms with E-state index in [2.05, 4.69) is 24.6 Å². The molecule has 2 fully saturated rings. The molecule has 0 N–H and O–H groups in total. The summed E-state index contributed by atoms with van der Waals surface area (Å²) in [5.41, 5.74) is 0.646. The molecule has 27 heavy (non-hydrogen) atoms. The number of piperidine rings is 1. The monoisotopic (exact) mass is 373 g/mol. The van der Waals surface area contributed by atoms with Crippen molar-refractivity contribution < 1.29 is 9.13 Å². The minimum absolute atomic E-state index is 0.198. The lowest BCUT2D eigenvalue weighted by atomic mass is 10.00. The molecular formula is C20H28FN5O. The van der Waals surface area contributed by atoms with E-state index in [1.54, 1.807) is 13.2 Å². The second-order valence-corrected chi connectivity index (χ2v) is 7.46. The summed E-state index contributed by atoms with van der Waals surface area (Å²) in [4.78, 5) is 4.95. The number of fused-ring (bicyclic) bond motifs is 1. The summed E-state index contributed by atoms with van der Waals surface area (Å²) in [5, 5.41) is 8.92. The van der Waals surface area contributed by atoms with Gasteiger partial charge in [0.1, 0.15) is 11.6 Å². The zero-order valence-corrected chi connectivity index (χ0v) is 16.0. The van der Waals surface area contributed by atoms with E-state index < -0.39 is 0 Å². The van der Waals surface area contributed by atoms with Crippen LogP contribution in [0, 0.1) is 5.82 Å². The number of hydrogen-bond donors (Lipinski definition) is 0. The summed E-state index contributed by atoms with van der Waals surface area (Å²) in [6, 6.07) is 7.48. The molecule has 1 atom stereocenters. The van der Waals surface area contributed by atoms with Gasteiger partial charge in [-0.3, -0.25) is 9.47 Å². The summed E-state index contributed by atoms with van der Waals surface area (Å²) in [6.07, 6.45) is 4.31. The molecule has 0 saturated carbocycles. The van der Waals surface area contributed by atoms with E-state index in [0.717, 1.165) is 31.4 Å². The topological polar surface area (TPSA) is 46.4 Å². The van der Waals surface area contributed by atoms with Gasteiger partial charge in [-0.2, -0.15) is 0 Å². The molecule has 1 aromatic carbocycles. The van der Waals surface area contributed by atoms with Gasteiger partial charge < -0.3 is 9.64 Å². The Hall–Kier alpha value is -1.99. The van der Waals surface area contributed by atoms with Crippen LogP contribution < -0.4 is 4.90 Å². The number of ether oxygens (including phenoxy) is 1. The van der Waals surface area contributed by atoms with Gasteiger partial charge >= 0.3 is 0 Å². The highest BCUT2D eigenvalue weighted by Crippen LogP contribution is 2.25. The summed E-state index contributed by atoms with van der Waals surface area (Å²) >= 11 is 0. The second kappa shape index (κ2) is 8.35. The van der Waals surface area contributed by atoms with Gasteiger partial charge in [0.15, 0.2) is 0 Å². The Bertz CT molecular complexity index is 765. The van der Waals surface area contributed by atoms with Crippen molar-refractivity contribution in [3.8, 4) is 0 Å². The van der Waals surface area contributed by atoms with Crippen LogP contribution in [-0.4, -0.2) is 65.6 Å². The summed E-state index contributed by atoms with van der Waals surface area (Å²) < 4.78 is 21.5. The molecule has 2 saturated heterocycles. The Morgan fingerprint density at radius 2 is 2.04 bits per heavy atom. The van der Waals surface area contributed by atoms with Crippen molar-refractivity contribution in [2.45, 2.75) is 38.3 Å². The van der Waals surface area contributed by atoms with E-state index in [9.17, 15) is 4.39 Å². The number of nitrogens with zero attached hydrogens (tertiary/aromatic N) is 5. The molecule has 146 valence electrons. The lowest BCUT2D eigenvalue weighted by Crippen LogP contribution is -2.55. The molecule has 0 unspecified atom stereocenters. The van der Waals surface area contributed by atoms with Crippen LogP contribution in [0.3, 0.4) is 0 Å². The fraction of sp³-hybridized carbons (Fsp3) is 0.600. The first-order valence-electron chi connectivity index (χ1n) is 9.89. The first kappa shape index (κ1) is 18.4. The van der Waals surface area contributed by atoms with Gasteiger partial charge in [0.05, 0.1) is 13.2 Å². The van der Waals surface area contributed by atoms with Gasteiger partial charge in [-0.05, 0) is 31.0 Å². The van der Waals surface area contributed by atoms with E-state index >= 15 is 0 Å². The first-order chi connectivity index (χ1) is 13.3. The van der Waals surface area contributed by atoms with Crippen molar-refractivity contribution in [1.82, 2.24) is 19.7 Å². The maximum Gasteiger partial charge on any atom is 0.227 e. The molecule has 4 rings (SSSR count). The second-order valence-electron chi connectivity index (χ2n) is 7.46. The lowest BCUT2D eigenvalue weighted by Gasteiger charge is -2.44. The minimum Gasteiger partial charge on any atom is -0.383 e. The molecule has 3 heterocycles. The van der Waals surface area contributed by atoms with Crippen molar-refractivity contribution in [3.63, 3.8) is 0 Å². The largest absolute Gasteiger partial charge is 0.383 e. The van der Waals surface area contributed by atoms with Gasteiger partial charge in [0.2, 0.25) is 5.95 Å². The van der Waals surface area contributed by atoms with E-state index in [-0.39, 0.29) is 5.82 Å². The average molecular weight is 373 g/mol. The number of hydrogen-bond acceptors (Lipinski definition) is 5. The third kappa shape index (κ3) is 3.99. The quantitative estimate of drug-likeness (QED) is 0.778. The number of aromatic nitrogens is 3. The molecule has 0 aliphatic carbocycles. The summed E-state index contributed by atoms with van der Waals surface area (Å²) in [6.45, 7) is 5.50. The van der Waals surface area contributed by atoms with Gasteiger partial charge in [-0.15, -0.1) is 10.2 Å². The molecule has 7 heteroatoms. The highest BCUT2D eigenvalue weighted by molar-refractivity contribution is 5.34. The van der Waals surface area contributed by atoms with Gasteiger partial charge in [-0.25, -0.2) is 4.39 Å². The third-order valence-electron chi connectivity index (χ3n) is 5.75. The highest BCUT2D eigenvalue weighted by Gasteiger charge is 2.31. The molecule has 0 spiro atoms. The minimum atomic E-state index is -0.198. The SMILES string of the molecule is COCCn1c(Cc2ccccc2F)nnc1N1CCN2CCCC[C@@H]2C1.